The summed E-state index contributed by atoms with van der Waals surface area (Å²) in [5.41, 5.74) is 23.3. The normalized spacial score (nSPS) is 13.4. The molecule has 0 radical (unpaired) electrons. The Kier molecular flexibility index (Phi) is 10.1. The van der Waals surface area contributed by atoms with E-state index in [0.29, 0.717) is 0 Å². The number of rotatable bonds is 3. The highest BCUT2D eigenvalue weighted by Gasteiger charge is 2.26. The van der Waals surface area contributed by atoms with Crippen LogP contribution in [-0.2, 0) is 21.7 Å². The number of benzene rings is 3. The Morgan fingerprint density at radius 1 is 0.377 bits per heavy atom. The van der Waals surface area contributed by atoms with E-state index in [1.165, 1.54) is 44.5 Å². The summed E-state index contributed by atoms with van der Waals surface area (Å²) >= 11 is 0. The molecule has 4 nitrogen and oxygen atoms in total. The molecule has 0 atom stereocenters. The van der Waals surface area contributed by atoms with Crippen molar-refractivity contribution < 1.29 is 0 Å². The molecule has 312 valence electrons. The quantitative estimate of drug-likeness (QED) is 0.187. The monoisotopic (exact) mass is 805 g/mol. The zero-order chi connectivity index (χ0) is 44.0. The van der Waals surface area contributed by atoms with Crippen LogP contribution in [0.3, 0.4) is 0 Å². The van der Waals surface area contributed by atoms with Gasteiger partial charge in [0, 0.05) is 38.8 Å². The van der Waals surface area contributed by atoms with Crippen LogP contribution < -0.4 is 0 Å². The lowest BCUT2D eigenvalue weighted by molar-refractivity contribution is 0.568. The first kappa shape index (κ1) is 42.0. The third kappa shape index (κ3) is 8.22. The molecule has 8 bridgehead atoms. The smallest absolute Gasteiger partial charge is 0.0737 e. The fourth-order valence-electron chi connectivity index (χ4n) is 8.86. The second-order valence-corrected chi connectivity index (χ2v) is 21.7. The molecule has 3 aromatic heterocycles. The molecule has 6 aromatic rings. The van der Waals surface area contributed by atoms with E-state index < -0.39 is 0 Å². The van der Waals surface area contributed by atoms with Gasteiger partial charge in [0.1, 0.15) is 0 Å². The molecule has 0 saturated carbocycles. The Labute approximate surface area is 364 Å². The predicted octanol–water partition coefficient (Wildman–Crippen LogP) is 15.8. The maximum absolute atomic E-state index is 5.63. The van der Waals surface area contributed by atoms with Crippen molar-refractivity contribution in [3.8, 4) is 33.4 Å². The number of nitrogens with zero attached hydrogens (tertiary/aromatic N) is 2. The third-order valence-electron chi connectivity index (χ3n) is 12.4. The average Bonchev–Trinajstić information content (AvgIpc) is 3.98. The molecule has 2 N–H and O–H groups in total. The Hall–Kier alpha value is -5.74. The minimum absolute atomic E-state index is 0.0413. The van der Waals surface area contributed by atoms with Crippen LogP contribution >= 0.6 is 0 Å². The van der Waals surface area contributed by atoms with Crippen LogP contribution in [0.2, 0.25) is 0 Å². The molecule has 0 amide bonds. The van der Waals surface area contributed by atoms with Gasteiger partial charge < -0.3 is 9.97 Å². The first-order chi connectivity index (χ1) is 28.4. The summed E-state index contributed by atoms with van der Waals surface area (Å²) in [6.45, 7) is 34.3. The standard InChI is InChI=1S/C57H64N4/c1-33-24-34(2)50(35(3)25-33)53-48-22-20-46(60-48)51(36-26-38(54(4,5)6)30-39(27-36)55(7,8)9)44-18-16-42(58-44)32-43-17-19-45(59-43)52(47-21-23-49(53)61-47)37-28-40(56(10,11)12)31-41(29-37)57(13,14)15/h16-32,58,61H,1-15H3. The molecule has 5 heterocycles. The van der Waals surface area contributed by atoms with E-state index in [4.69, 9.17) is 9.97 Å². The maximum atomic E-state index is 5.63. The maximum Gasteiger partial charge on any atom is 0.0737 e. The molecule has 2 aliphatic heterocycles. The van der Waals surface area contributed by atoms with Crippen molar-refractivity contribution in [1.82, 2.24) is 19.9 Å². The van der Waals surface area contributed by atoms with Gasteiger partial charge in [0.2, 0.25) is 0 Å². The molecule has 61 heavy (non-hydrogen) atoms. The van der Waals surface area contributed by atoms with E-state index in [-0.39, 0.29) is 21.7 Å². The van der Waals surface area contributed by atoms with Gasteiger partial charge in [-0.1, -0.05) is 137 Å². The minimum atomic E-state index is -0.0413. The van der Waals surface area contributed by atoms with E-state index in [9.17, 15) is 0 Å². The molecule has 4 heteroatoms. The van der Waals surface area contributed by atoms with Crippen LogP contribution in [0.5, 0.6) is 0 Å². The minimum Gasteiger partial charge on any atom is -0.355 e. The topological polar surface area (TPSA) is 57.4 Å². The van der Waals surface area contributed by atoms with Crippen molar-refractivity contribution in [1.29, 1.82) is 0 Å². The van der Waals surface area contributed by atoms with E-state index in [1.54, 1.807) is 0 Å². The molecule has 8 rings (SSSR count). The summed E-state index contributed by atoms with van der Waals surface area (Å²) in [7, 11) is 0. The number of hydrogen-bond acceptors (Lipinski definition) is 2. The molecule has 0 fully saturated rings. The number of fused-ring (bicyclic) bond motifs is 8. The second kappa shape index (κ2) is 14.7. The molecule has 0 saturated heterocycles. The number of aromatic amines is 2. The van der Waals surface area contributed by atoms with Crippen molar-refractivity contribution >= 4 is 46.4 Å². The average molecular weight is 805 g/mol. The zero-order valence-corrected chi connectivity index (χ0v) is 39.2. The molecule has 0 unspecified atom stereocenters. The molecule has 0 spiro atoms. The number of H-pyrrole nitrogens is 2. The largest absolute Gasteiger partial charge is 0.355 e. The van der Waals surface area contributed by atoms with Gasteiger partial charge in [0.25, 0.3) is 0 Å². The highest BCUT2D eigenvalue weighted by atomic mass is 14.8. The first-order valence-electron chi connectivity index (χ1n) is 22.0. The summed E-state index contributed by atoms with van der Waals surface area (Å²) in [6.07, 6.45) is 8.75. The third-order valence-corrected chi connectivity index (χ3v) is 12.4. The van der Waals surface area contributed by atoms with Crippen LogP contribution in [0.4, 0.5) is 0 Å². The van der Waals surface area contributed by atoms with Gasteiger partial charge in [-0.25, -0.2) is 9.97 Å². The summed E-state index contributed by atoms with van der Waals surface area (Å²) < 4.78 is 0. The lowest BCUT2D eigenvalue weighted by atomic mass is 9.78. The summed E-state index contributed by atoms with van der Waals surface area (Å²) in [5.74, 6) is 0. The highest BCUT2D eigenvalue weighted by molar-refractivity contribution is 5.98. The molecule has 3 aromatic carbocycles. The van der Waals surface area contributed by atoms with Gasteiger partial charge >= 0.3 is 0 Å². The Morgan fingerprint density at radius 2 is 0.770 bits per heavy atom. The number of aromatic nitrogens is 4. The van der Waals surface area contributed by atoms with Crippen LogP contribution in [0.25, 0.3) is 79.8 Å². The van der Waals surface area contributed by atoms with Gasteiger partial charge in [-0.05, 0) is 147 Å². The van der Waals surface area contributed by atoms with E-state index >= 15 is 0 Å². The molecule has 2 aliphatic rings. The molecular weight excluding hydrogens is 741 g/mol. The lowest BCUT2D eigenvalue weighted by Gasteiger charge is -2.26. The van der Waals surface area contributed by atoms with Gasteiger partial charge in [0.15, 0.2) is 0 Å². The number of aryl methyl sites for hydroxylation is 3. The summed E-state index contributed by atoms with van der Waals surface area (Å²) in [4.78, 5) is 18.8. The molecule has 0 aliphatic carbocycles. The SMILES string of the molecule is Cc1cc(C)c(-c2c3nc(c(-c4cc(C(C)(C)C)cc(C(C)(C)C)c4)c4ccc(cc5nc(c(-c6cc(C(C)(C)C)cc(C(C)(C)C)c6)c6ccc2[nH]6)C=C5)[nH]4)C=C3)c(C)c1. The summed E-state index contributed by atoms with van der Waals surface area (Å²) in [6, 6.07) is 29.9. The second-order valence-electron chi connectivity index (χ2n) is 21.7. The van der Waals surface area contributed by atoms with Crippen molar-refractivity contribution in [2.45, 2.75) is 126 Å². The zero-order valence-electron chi connectivity index (χ0n) is 39.2. The predicted molar refractivity (Wildman–Crippen MR) is 264 cm³/mol. The lowest BCUT2D eigenvalue weighted by Crippen LogP contribution is -2.16. The van der Waals surface area contributed by atoms with Crippen molar-refractivity contribution in [2.75, 3.05) is 0 Å². The highest BCUT2D eigenvalue weighted by Crippen LogP contribution is 2.42. The van der Waals surface area contributed by atoms with E-state index in [1.807, 2.05) is 0 Å². The van der Waals surface area contributed by atoms with Crippen LogP contribution in [0.15, 0.2) is 78.9 Å². The van der Waals surface area contributed by atoms with Crippen LogP contribution in [0, 0.1) is 20.8 Å². The van der Waals surface area contributed by atoms with Gasteiger partial charge in [-0.2, -0.15) is 0 Å². The molecular formula is C57H64N4. The van der Waals surface area contributed by atoms with Gasteiger partial charge in [-0.15, -0.1) is 0 Å². The number of nitrogens with one attached hydrogen (secondary N) is 2. The first-order valence-corrected chi connectivity index (χ1v) is 22.0. The van der Waals surface area contributed by atoms with E-state index in [2.05, 4.69) is 217 Å². The fraction of sp³-hybridized carbons (Fsp3) is 0.333. The number of hydrogen-bond donors (Lipinski definition) is 2. The summed E-state index contributed by atoms with van der Waals surface area (Å²) in [5, 5.41) is 0. The van der Waals surface area contributed by atoms with Crippen molar-refractivity contribution in [3.63, 3.8) is 0 Å². The van der Waals surface area contributed by atoms with Crippen molar-refractivity contribution in [2.24, 2.45) is 0 Å². The fourth-order valence-corrected chi connectivity index (χ4v) is 8.86. The van der Waals surface area contributed by atoms with E-state index in [0.717, 1.165) is 72.7 Å². The van der Waals surface area contributed by atoms with Crippen LogP contribution in [-0.4, -0.2) is 19.9 Å². The Morgan fingerprint density at radius 3 is 1.25 bits per heavy atom. The van der Waals surface area contributed by atoms with Gasteiger partial charge in [0.05, 0.1) is 22.8 Å². The van der Waals surface area contributed by atoms with Crippen LogP contribution in [0.1, 0.15) is 145 Å². The Bertz CT molecular complexity index is 2810. The Balaban J connectivity index is 1.55. The van der Waals surface area contributed by atoms with Crippen molar-refractivity contribution in [3.05, 3.63) is 141 Å². The van der Waals surface area contributed by atoms with Gasteiger partial charge in [-0.3, -0.25) is 0 Å².